The number of nitrogens with zero attached hydrogens (tertiary/aromatic N) is 1. The first kappa shape index (κ1) is 9.19. The molecule has 0 aliphatic heterocycles. The fourth-order valence-corrected chi connectivity index (χ4v) is 0. The summed E-state index contributed by atoms with van der Waals surface area (Å²) >= 11 is 0. The Morgan fingerprint density at radius 2 is 2.00 bits per heavy atom. The molecular formula is HFeNO4. The Morgan fingerprint density at radius 1 is 1.83 bits per heavy atom. The standard InChI is InChI=1S/Fe.HNO4/c;2-1(3)5-4/h;4H. The minimum absolute atomic E-state index is 0. The number of hydrogen-bond donors (Lipinski definition) is 1. The Hall–Kier alpha value is -0.321. The molecule has 0 aliphatic carbocycles. The van der Waals surface area contributed by atoms with Crippen LogP contribution in [0.4, 0.5) is 0 Å². The topological polar surface area (TPSA) is 72.6 Å². The zero-order chi connectivity index (χ0) is 4.28. The molecular weight excluding hydrogens is 134 g/mol. The fraction of sp³-hybridized carbons (Fsp3) is 0. The van der Waals surface area contributed by atoms with Gasteiger partial charge in [0.25, 0.3) is 0 Å². The van der Waals surface area contributed by atoms with Crippen LogP contribution in [0.25, 0.3) is 0 Å². The van der Waals surface area contributed by atoms with Gasteiger partial charge in [-0.2, -0.15) is 0 Å². The Kier molecular flexibility index (Phi) is 7.16. The zero-order valence-corrected chi connectivity index (χ0v) is 3.58. The summed E-state index contributed by atoms with van der Waals surface area (Å²) in [6, 6.07) is 0. The molecule has 6 heteroatoms. The summed E-state index contributed by atoms with van der Waals surface area (Å²) in [5.74, 6) is 0. The van der Waals surface area contributed by atoms with Crippen molar-refractivity contribution in [3.05, 3.63) is 10.1 Å². The Labute approximate surface area is 43.4 Å². The van der Waals surface area contributed by atoms with Crippen molar-refractivity contribution < 1.29 is 32.4 Å². The summed E-state index contributed by atoms with van der Waals surface area (Å²) in [6.45, 7) is 0. The molecule has 0 amide bonds. The summed E-state index contributed by atoms with van der Waals surface area (Å²) < 4.78 is 0. The van der Waals surface area contributed by atoms with Gasteiger partial charge in [-0.25, -0.2) is 5.26 Å². The van der Waals surface area contributed by atoms with E-state index in [1.54, 1.807) is 0 Å². The molecule has 0 aromatic rings. The molecule has 0 radical (unpaired) electrons. The van der Waals surface area contributed by atoms with Crippen molar-refractivity contribution in [2.45, 2.75) is 0 Å². The van der Waals surface area contributed by atoms with E-state index in [1.807, 2.05) is 0 Å². The van der Waals surface area contributed by atoms with Gasteiger partial charge in [0.2, 0.25) is 0 Å². The molecule has 6 heavy (non-hydrogen) atoms. The third kappa shape index (κ3) is 9.37. The molecule has 0 spiro atoms. The Bertz CT molecular complexity index is 42.8. The molecule has 5 nitrogen and oxygen atoms in total. The molecule has 0 fully saturated rings. The summed E-state index contributed by atoms with van der Waals surface area (Å²) in [4.78, 5) is 11.2. The minimum Gasteiger partial charge on any atom is -0.214 e. The van der Waals surface area contributed by atoms with Crippen molar-refractivity contribution in [3.8, 4) is 0 Å². The summed E-state index contributed by atoms with van der Waals surface area (Å²) in [5, 5.41) is 14.3. The molecule has 0 aromatic heterocycles. The first-order valence-electron chi connectivity index (χ1n) is 0.730. The van der Waals surface area contributed by atoms with Crippen LogP contribution in [0.2, 0.25) is 0 Å². The largest absolute Gasteiger partial charge is 0.322 e. The fourth-order valence-electron chi connectivity index (χ4n) is 0. The average Bonchev–Trinajstić information content (AvgIpc) is 1.38. The van der Waals surface area contributed by atoms with Crippen LogP contribution in [0.5, 0.6) is 0 Å². The van der Waals surface area contributed by atoms with Crippen molar-refractivity contribution in [2.75, 3.05) is 0 Å². The van der Waals surface area contributed by atoms with Crippen LogP contribution in [-0.4, -0.2) is 10.3 Å². The van der Waals surface area contributed by atoms with E-state index >= 15 is 0 Å². The van der Waals surface area contributed by atoms with E-state index in [0.717, 1.165) is 0 Å². The smallest absolute Gasteiger partial charge is 0.214 e. The number of rotatable bonds is 1. The van der Waals surface area contributed by atoms with E-state index in [-0.39, 0.29) is 17.1 Å². The van der Waals surface area contributed by atoms with Crippen LogP contribution in [0.3, 0.4) is 0 Å². The maximum absolute atomic E-state index is 8.70. The second-order valence-corrected chi connectivity index (χ2v) is 0.305. The van der Waals surface area contributed by atoms with Crippen LogP contribution in [-0.2, 0) is 22.1 Å². The molecule has 0 aromatic carbocycles. The van der Waals surface area contributed by atoms with E-state index in [2.05, 4.69) is 4.99 Å². The first-order valence-corrected chi connectivity index (χ1v) is 0.730. The molecule has 0 saturated heterocycles. The zero-order valence-electron chi connectivity index (χ0n) is 2.47. The summed E-state index contributed by atoms with van der Waals surface area (Å²) in [6.07, 6.45) is 0. The maximum atomic E-state index is 8.70. The van der Waals surface area contributed by atoms with E-state index in [4.69, 9.17) is 15.4 Å². The van der Waals surface area contributed by atoms with Gasteiger partial charge in [0.1, 0.15) is 0 Å². The normalized spacial score (nSPS) is 5.50. The van der Waals surface area contributed by atoms with Gasteiger partial charge in [-0.3, -0.25) is 0 Å². The molecule has 38 valence electrons. The third-order valence-corrected chi connectivity index (χ3v) is 0.0667. The van der Waals surface area contributed by atoms with E-state index in [9.17, 15) is 0 Å². The molecule has 0 rings (SSSR count). The van der Waals surface area contributed by atoms with E-state index < -0.39 is 5.09 Å². The van der Waals surface area contributed by atoms with Gasteiger partial charge < -0.3 is 0 Å². The second kappa shape index (κ2) is 4.68. The molecule has 0 saturated carbocycles. The van der Waals surface area contributed by atoms with Crippen molar-refractivity contribution in [3.63, 3.8) is 0 Å². The molecule has 0 heterocycles. The van der Waals surface area contributed by atoms with E-state index in [0.29, 0.717) is 0 Å². The monoisotopic (exact) mass is 135 g/mol. The predicted octanol–water partition coefficient (Wildman–Crippen LogP) is -0.335. The minimum atomic E-state index is -1.32. The maximum Gasteiger partial charge on any atom is 0.322 e. The quantitative estimate of drug-likeness (QED) is 0.231. The molecule has 0 unspecified atom stereocenters. The van der Waals surface area contributed by atoms with Crippen LogP contribution in [0.15, 0.2) is 0 Å². The van der Waals surface area contributed by atoms with Gasteiger partial charge in [0.15, 0.2) is 0 Å². The van der Waals surface area contributed by atoms with Crippen LogP contribution in [0, 0.1) is 10.1 Å². The van der Waals surface area contributed by atoms with Gasteiger partial charge in [-0.05, 0) is 0 Å². The molecule has 1 N–H and O–H groups in total. The van der Waals surface area contributed by atoms with Gasteiger partial charge in [0, 0.05) is 17.1 Å². The van der Waals surface area contributed by atoms with Gasteiger partial charge in [0.05, 0.1) is 0 Å². The number of hydrogen-bond acceptors (Lipinski definition) is 4. The van der Waals surface area contributed by atoms with Crippen LogP contribution >= 0.6 is 0 Å². The Balaban J connectivity index is 0. The molecule has 0 atom stereocenters. The van der Waals surface area contributed by atoms with Gasteiger partial charge in [-0.15, -0.1) is 15.1 Å². The van der Waals surface area contributed by atoms with Gasteiger partial charge in [-0.1, -0.05) is 0 Å². The van der Waals surface area contributed by atoms with Crippen LogP contribution < -0.4 is 0 Å². The second-order valence-electron chi connectivity index (χ2n) is 0.305. The molecule has 0 bridgehead atoms. The average molecular weight is 135 g/mol. The Morgan fingerprint density at radius 3 is 2.00 bits per heavy atom. The first-order chi connectivity index (χ1) is 2.27. The predicted molar refractivity (Wildman–Crippen MR) is 10.7 cm³/mol. The van der Waals surface area contributed by atoms with Crippen molar-refractivity contribution >= 4 is 0 Å². The summed E-state index contributed by atoms with van der Waals surface area (Å²) in [7, 11) is 0. The van der Waals surface area contributed by atoms with Crippen molar-refractivity contribution in [1.82, 2.24) is 0 Å². The van der Waals surface area contributed by atoms with Crippen molar-refractivity contribution in [1.29, 1.82) is 0 Å². The summed E-state index contributed by atoms with van der Waals surface area (Å²) in [5.41, 5.74) is 0. The SMILES string of the molecule is O=[N+]([O-])OO.[Fe]. The molecule has 0 aliphatic rings. The van der Waals surface area contributed by atoms with E-state index in [1.165, 1.54) is 0 Å². The van der Waals surface area contributed by atoms with Crippen LogP contribution in [0.1, 0.15) is 0 Å². The van der Waals surface area contributed by atoms with Crippen molar-refractivity contribution in [2.24, 2.45) is 0 Å². The third-order valence-electron chi connectivity index (χ3n) is 0.0667. The van der Waals surface area contributed by atoms with Gasteiger partial charge >= 0.3 is 5.09 Å².